The van der Waals surface area contributed by atoms with Crippen molar-refractivity contribution in [2.24, 2.45) is 10.9 Å². The lowest BCUT2D eigenvalue weighted by atomic mass is 10.3. The van der Waals surface area contributed by atoms with Gasteiger partial charge < -0.3 is 10.9 Å². The maximum atomic E-state index is 8.50. The standard InChI is InChI=1S/C9H11N7O/c1-2-6-3-7(12-4-11-6)16-5-13-9(14-16)8(10)15-17/h3-5,17H,2H2,1H3,(H2,10,15). The Bertz CT molecular complexity index is 548. The molecule has 2 heterocycles. The highest BCUT2D eigenvalue weighted by molar-refractivity contribution is 5.93. The average Bonchev–Trinajstić information content (AvgIpc) is 2.87. The van der Waals surface area contributed by atoms with Crippen LogP contribution in [0.5, 0.6) is 0 Å². The Morgan fingerprint density at radius 1 is 1.47 bits per heavy atom. The van der Waals surface area contributed by atoms with Gasteiger partial charge in [0.25, 0.3) is 0 Å². The summed E-state index contributed by atoms with van der Waals surface area (Å²) in [5, 5.41) is 15.3. The van der Waals surface area contributed by atoms with Gasteiger partial charge in [-0.1, -0.05) is 12.1 Å². The van der Waals surface area contributed by atoms with E-state index in [1.807, 2.05) is 6.92 Å². The van der Waals surface area contributed by atoms with E-state index in [-0.39, 0.29) is 11.7 Å². The van der Waals surface area contributed by atoms with Crippen LogP contribution in [-0.4, -0.2) is 35.8 Å². The number of nitrogens with zero attached hydrogens (tertiary/aromatic N) is 6. The second kappa shape index (κ2) is 4.56. The number of amidine groups is 1. The monoisotopic (exact) mass is 233 g/mol. The average molecular weight is 233 g/mol. The first-order valence-corrected chi connectivity index (χ1v) is 4.95. The minimum absolute atomic E-state index is 0.143. The summed E-state index contributed by atoms with van der Waals surface area (Å²) in [6.07, 6.45) is 3.70. The number of hydrogen-bond donors (Lipinski definition) is 2. The zero-order chi connectivity index (χ0) is 12.3. The van der Waals surface area contributed by atoms with Crippen molar-refractivity contribution in [2.75, 3.05) is 0 Å². The van der Waals surface area contributed by atoms with Crippen molar-refractivity contribution in [3.8, 4) is 5.82 Å². The van der Waals surface area contributed by atoms with Crippen LogP contribution in [0.2, 0.25) is 0 Å². The fourth-order valence-electron chi connectivity index (χ4n) is 1.24. The van der Waals surface area contributed by atoms with Crippen LogP contribution in [0.3, 0.4) is 0 Å². The molecule has 2 rings (SSSR count). The molecule has 0 atom stereocenters. The van der Waals surface area contributed by atoms with Crippen molar-refractivity contribution >= 4 is 5.84 Å². The van der Waals surface area contributed by atoms with Crippen LogP contribution in [0.25, 0.3) is 5.82 Å². The van der Waals surface area contributed by atoms with Gasteiger partial charge in [-0.15, -0.1) is 5.10 Å². The third-order valence-corrected chi connectivity index (χ3v) is 2.13. The maximum Gasteiger partial charge on any atom is 0.220 e. The Hall–Kier alpha value is -2.51. The van der Waals surface area contributed by atoms with Crippen LogP contribution < -0.4 is 5.73 Å². The summed E-state index contributed by atoms with van der Waals surface area (Å²) in [5.74, 6) is 0.582. The molecule has 0 amide bonds. The van der Waals surface area contributed by atoms with E-state index in [0.717, 1.165) is 12.1 Å². The van der Waals surface area contributed by atoms with Gasteiger partial charge in [0.15, 0.2) is 5.82 Å². The molecule has 8 heteroatoms. The Morgan fingerprint density at radius 2 is 2.29 bits per heavy atom. The van der Waals surface area contributed by atoms with Crippen LogP contribution in [-0.2, 0) is 6.42 Å². The predicted octanol–water partition coefficient (Wildman–Crippen LogP) is -0.286. The fraction of sp³-hybridized carbons (Fsp3) is 0.222. The highest BCUT2D eigenvalue weighted by Gasteiger charge is 2.08. The van der Waals surface area contributed by atoms with E-state index in [0.29, 0.717) is 5.82 Å². The first-order valence-electron chi connectivity index (χ1n) is 4.95. The van der Waals surface area contributed by atoms with Crippen molar-refractivity contribution < 1.29 is 5.21 Å². The van der Waals surface area contributed by atoms with E-state index < -0.39 is 0 Å². The highest BCUT2D eigenvalue weighted by Crippen LogP contribution is 2.04. The van der Waals surface area contributed by atoms with Gasteiger partial charge in [-0.05, 0) is 6.42 Å². The van der Waals surface area contributed by atoms with Crippen molar-refractivity contribution in [1.82, 2.24) is 24.7 Å². The van der Waals surface area contributed by atoms with Crippen molar-refractivity contribution in [3.05, 3.63) is 30.2 Å². The van der Waals surface area contributed by atoms with Gasteiger partial charge in [0.1, 0.15) is 12.7 Å². The summed E-state index contributed by atoms with van der Waals surface area (Å²) >= 11 is 0. The molecule has 17 heavy (non-hydrogen) atoms. The quantitative estimate of drug-likeness (QED) is 0.326. The van der Waals surface area contributed by atoms with Crippen LogP contribution >= 0.6 is 0 Å². The molecule has 0 aliphatic heterocycles. The summed E-state index contributed by atoms with van der Waals surface area (Å²) in [6, 6.07) is 1.80. The van der Waals surface area contributed by atoms with Gasteiger partial charge in [0.05, 0.1) is 0 Å². The van der Waals surface area contributed by atoms with Gasteiger partial charge in [-0.25, -0.2) is 19.6 Å². The van der Waals surface area contributed by atoms with Gasteiger partial charge in [0.2, 0.25) is 11.7 Å². The van der Waals surface area contributed by atoms with E-state index in [2.05, 4.69) is 25.2 Å². The lowest BCUT2D eigenvalue weighted by Gasteiger charge is -2.00. The third kappa shape index (κ3) is 2.19. The van der Waals surface area contributed by atoms with Gasteiger partial charge in [0, 0.05) is 11.8 Å². The molecule has 2 aromatic heterocycles. The lowest BCUT2D eigenvalue weighted by Crippen LogP contribution is -2.15. The minimum atomic E-state index is -0.145. The lowest BCUT2D eigenvalue weighted by molar-refractivity contribution is 0.318. The second-order valence-electron chi connectivity index (χ2n) is 3.22. The van der Waals surface area contributed by atoms with Crippen molar-refractivity contribution in [2.45, 2.75) is 13.3 Å². The molecule has 8 nitrogen and oxygen atoms in total. The normalized spacial score (nSPS) is 11.7. The van der Waals surface area contributed by atoms with E-state index in [1.165, 1.54) is 17.3 Å². The van der Waals surface area contributed by atoms with Crippen molar-refractivity contribution in [1.29, 1.82) is 0 Å². The molecule has 0 bridgehead atoms. The summed E-state index contributed by atoms with van der Waals surface area (Å²) < 4.78 is 1.44. The second-order valence-corrected chi connectivity index (χ2v) is 3.22. The molecule has 0 aliphatic rings. The molecule has 0 spiro atoms. The van der Waals surface area contributed by atoms with Crippen LogP contribution in [0.1, 0.15) is 18.4 Å². The minimum Gasteiger partial charge on any atom is -0.409 e. The van der Waals surface area contributed by atoms with E-state index in [1.54, 1.807) is 6.07 Å². The Kier molecular flexibility index (Phi) is 2.95. The molecule has 0 aromatic carbocycles. The topological polar surface area (TPSA) is 115 Å². The van der Waals surface area contributed by atoms with Gasteiger partial charge >= 0.3 is 0 Å². The Labute approximate surface area is 96.8 Å². The summed E-state index contributed by atoms with van der Waals surface area (Å²) in [7, 11) is 0. The fourth-order valence-corrected chi connectivity index (χ4v) is 1.24. The van der Waals surface area contributed by atoms with E-state index in [4.69, 9.17) is 10.9 Å². The molecule has 0 unspecified atom stereocenters. The molecular formula is C9H11N7O. The smallest absolute Gasteiger partial charge is 0.220 e. The maximum absolute atomic E-state index is 8.50. The zero-order valence-corrected chi connectivity index (χ0v) is 9.15. The molecule has 2 aromatic rings. The van der Waals surface area contributed by atoms with E-state index in [9.17, 15) is 0 Å². The first-order chi connectivity index (χ1) is 8.24. The molecule has 3 N–H and O–H groups in total. The molecular weight excluding hydrogens is 222 g/mol. The molecule has 0 saturated carbocycles. The number of hydrogen-bond acceptors (Lipinski definition) is 6. The van der Waals surface area contributed by atoms with Gasteiger partial charge in [-0.2, -0.15) is 0 Å². The zero-order valence-electron chi connectivity index (χ0n) is 9.15. The molecule has 0 radical (unpaired) electrons. The molecule has 0 saturated heterocycles. The number of nitrogens with two attached hydrogens (primary N) is 1. The molecule has 0 aliphatic carbocycles. The number of aryl methyl sites for hydroxylation is 1. The summed E-state index contributed by atoms with van der Waals surface area (Å²) in [4.78, 5) is 12.0. The van der Waals surface area contributed by atoms with Crippen molar-refractivity contribution in [3.63, 3.8) is 0 Å². The summed E-state index contributed by atoms with van der Waals surface area (Å²) in [5.41, 5.74) is 6.27. The SMILES string of the molecule is CCc1cc(-n2cnc(C(N)=NO)n2)ncn1. The largest absolute Gasteiger partial charge is 0.409 e. The van der Waals surface area contributed by atoms with Crippen LogP contribution in [0, 0.1) is 0 Å². The highest BCUT2D eigenvalue weighted by atomic mass is 16.4. The predicted molar refractivity (Wildman–Crippen MR) is 58.8 cm³/mol. The Balaban J connectivity index is 2.36. The van der Waals surface area contributed by atoms with Gasteiger partial charge in [-0.3, -0.25) is 0 Å². The first kappa shape index (κ1) is 11.0. The number of aromatic nitrogens is 5. The van der Waals surface area contributed by atoms with E-state index >= 15 is 0 Å². The number of rotatable bonds is 3. The molecule has 0 fully saturated rings. The Morgan fingerprint density at radius 3 is 3.00 bits per heavy atom. The summed E-state index contributed by atoms with van der Waals surface area (Å²) in [6.45, 7) is 2.00. The molecule has 88 valence electrons. The number of oxime groups is 1. The third-order valence-electron chi connectivity index (χ3n) is 2.13. The van der Waals surface area contributed by atoms with Crippen LogP contribution in [0.15, 0.2) is 23.9 Å². The van der Waals surface area contributed by atoms with Crippen LogP contribution in [0.4, 0.5) is 0 Å².